The van der Waals surface area contributed by atoms with E-state index >= 15 is 0 Å². The van der Waals surface area contributed by atoms with Gasteiger partial charge in [-0.05, 0) is 18.2 Å². The number of rotatable bonds is 4. The summed E-state index contributed by atoms with van der Waals surface area (Å²) in [5, 5.41) is 2.92. The van der Waals surface area contributed by atoms with Crippen LogP contribution in [0.1, 0.15) is 5.56 Å². The Kier molecular flexibility index (Phi) is 4.80. The molecule has 140 valence electrons. The van der Waals surface area contributed by atoms with Crippen LogP contribution in [0.15, 0.2) is 54.6 Å². The number of fused-ring (bicyclic) bond motifs is 2. The van der Waals surface area contributed by atoms with Crippen LogP contribution in [-0.2, 0) is 14.4 Å². The fourth-order valence-electron chi connectivity index (χ4n) is 3.68. The first-order chi connectivity index (χ1) is 13.2. The Bertz CT molecular complexity index is 861. The number of carbonyl (C=O) groups is 2. The zero-order chi connectivity index (χ0) is 18.9. The van der Waals surface area contributed by atoms with Crippen LogP contribution in [0.4, 0.5) is 16.2 Å². The minimum absolute atomic E-state index is 0.0774. The van der Waals surface area contributed by atoms with E-state index in [1.807, 2.05) is 54.6 Å². The van der Waals surface area contributed by atoms with E-state index in [-0.39, 0.29) is 11.9 Å². The first-order valence-corrected chi connectivity index (χ1v) is 9.85. The van der Waals surface area contributed by atoms with Crippen LogP contribution >= 0.6 is 11.8 Å². The van der Waals surface area contributed by atoms with Crippen LogP contribution in [-0.4, -0.2) is 49.4 Å². The normalized spacial score (nSPS) is 21.0. The minimum atomic E-state index is -1.01. The van der Waals surface area contributed by atoms with E-state index < -0.39 is 4.87 Å². The number of anilines is 2. The highest BCUT2D eigenvalue weighted by atomic mass is 32.2. The minimum Gasteiger partial charge on any atom is -0.383 e. The molecule has 2 aliphatic heterocycles. The topological polar surface area (TPSA) is 61.9 Å². The predicted octanol–water partition coefficient (Wildman–Crippen LogP) is 3.11. The van der Waals surface area contributed by atoms with Crippen LogP contribution in [0, 0.1) is 0 Å². The van der Waals surface area contributed by atoms with Crippen molar-refractivity contribution in [2.45, 2.75) is 4.87 Å². The van der Waals surface area contributed by atoms with Gasteiger partial charge in [0, 0.05) is 37.2 Å². The number of ether oxygens (including phenoxy) is 1. The van der Waals surface area contributed by atoms with Crippen molar-refractivity contribution in [3.05, 3.63) is 60.2 Å². The predicted molar refractivity (Wildman–Crippen MR) is 107 cm³/mol. The van der Waals surface area contributed by atoms with Crippen molar-refractivity contribution < 1.29 is 14.3 Å². The average Bonchev–Trinajstić information content (AvgIpc) is 3.24. The highest BCUT2D eigenvalue weighted by Crippen LogP contribution is 2.53. The molecule has 7 heteroatoms. The van der Waals surface area contributed by atoms with Gasteiger partial charge >= 0.3 is 6.03 Å². The lowest BCUT2D eigenvalue weighted by molar-refractivity contribution is -0.123. The van der Waals surface area contributed by atoms with Gasteiger partial charge in [0.1, 0.15) is 0 Å². The molecular formula is C20H21N3O3S. The van der Waals surface area contributed by atoms with Gasteiger partial charge < -0.3 is 15.0 Å². The van der Waals surface area contributed by atoms with Crippen molar-refractivity contribution >= 4 is 35.1 Å². The Morgan fingerprint density at radius 1 is 1.19 bits per heavy atom. The number of benzene rings is 2. The molecule has 0 radical (unpaired) electrons. The molecule has 1 atom stereocenters. The number of thioether (sulfide) groups is 1. The monoisotopic (exact) mass is 383 g/mol. The number of urea groups is 1. The van der Waals surface area contributed by atoms with Crippen molar-refractivity contribution in [2.75, 3.05) is 42.8 Å². The quantitative estimate of drug-likeness (QED) is 0.881. The SMILES string of the molecule is COCCN1C(=O)C2(SCCN2C(=O)Nc2ccccc2)c2ccccc21. The van der Waals surface area contributed by atoms with Crippen LogP contribution in [0.25, 0.3) is 0 Å². The molecule has 2 aromatic carbocycles. The third-order valence-corrected chi connectivity index (χ3v) is 6.31. The third kappa shape index (κ3) is 2.87. The van der Waals surface area contributed by atoms with Crippen LogP contribution in [0.3, 0.4) is 0 Å². The molecule has 4 rings (SSSR count). The Morgan fingerprint density at radius 2 is 1.93 bits per heavy atom. The van der Waals surface area contributed by atoms with Crippen molar-refractivity contribution in [1.29, 1.82) is 0 Å². The van der Waals surface area contributed by atoms with Gasteiger partial charge in [-0.1, -0.05) is 36.4 Å². The third-order valence-electron chi connectivity index (χ3n) is 4.89. The molecule has 2 aliphatic rings. The van der Waals surface area contributed by atoms with E-state index in [0.29, 0.717) is 31.1 Å². The molecule has 27 heavy (non-hydrogen) atoms. The second-order valence-electron chi connectivity index (χ2n) is 6.41. The highest BCUT2D eigenvalue weighted by molar-refractivity contribution is 8.01. The molecule has 3 amide bonds. The van der Waals surface area contributed by atoms with Gasteiger partial charge in [0.2, 0.25) is 0 Å². The lowest BCUT2D eigenvalue weighted by Gasteiger charge is -2.33. The highest BCUT2D eigenvalue weighted by Gasteiger charge is 2.59. The van der Waals surface area contributed by atoms with E-state index in [1.165, 1.54) is 11.8 Å². The van der Waals surface area contributed by atoms with Gasteiger partial charge in [0.05, 0.1) is 12.3 Å². The molecule has 0 aromatic heterocycles. The Hall–Kier alpha value is -2.51. The second kappa shape index (κ2) is 7.25. The van der Waals surface area contributed by atoms with Crippen molar-refractivity contribution in [3.8, 4) is 0 Å². The van der Waals surface area contributed by atoms with Crippen LogP contribution < -0.4 is 10.2 Å². The molecule has 0 saturated carbocycles. The van der Waals surface area contributed by atoms with Crippen molar-refractivity contribution in [2.24, 2.45) is 0 Å². The van der Waals surface area contributed by atoms with Crippen LogP contribution in [0.2, 0.25) is 0 Å². The molecule has 0 bridgehead atoms. The van der Waals surface area contributed by atoms with Gasteiger partial charge in [-0.2, -0.15) is 0 Å². The lowest BCUT2D eigenvalue weighted by atomic mass is 10.1. The molecule has 6 nitrogen and oxygen atoms in total. The summed E-state index contributed by atoms with van der Waals surface area (Å²) in [5.74, 6) is 0.631. The smallest absolute Gasteiger partial charge is 0.323 e. The summed E-state index contributed by atoms with van der Waals surface area (Å²) in [6.45, 7) is 1.42. The second-order valence-corrected chi connectivity index (χ2v) is 7.69. The van der Waals surface area contributed by atoms with E-state index in [2.05, 4.69) is 5.32 Å². The molecule has 1 N–H and O–H groups in total. The molecule has 2 heterocycles. The van der Waals surface area contributed by atoms with E-state index in [0.717, 1.165) is 11.3 Å². The Morgan fingerprint density at radius 3 is 2.70 bits per heavy atom. The van der Waals surface area contributed by atoms with Crippen LogP contribution in [0.5, 0.6) is 0 Å². The fourth-order valence-corrected chi connectivity index (χ4v) is 5.15. The Labute approximate surface area is 162 Å². The Balaban J connectivity index is 1.70. The number of para-hydroxylation sites is 2. The van der Waals surface area contributed by atoms with Gasteiger partial charge in [0.15, 0.2) is 4.87 Å². The summed E-state index contributed by atoms with van der Waals surface area (Å²) in [4.78, 5) is 28.9. The summed E-state index contributed by atoms with van der Waals surface area (Å²) < 4.78 is 5.18. The summed E-state index contributed by atoms with van der Waals surface area (Å²) >= 11 is 1.52. The van der Waals surface area contributed by atoms with Crippen molar-refractivity contribution in [3.63, 3.8) is 0 Å². The largest absolute Gasteiger partial charge is 0.383 e. The number of nitrogens with zero attached hydrogens (tertiary/aromatic N) is 2. The number of hydrogen-bond donors (Lipinski definition) is 1. The van der Waals surface area contributed by atoms with E-state index in [1.54, 1.807) is 16.9 Å². The molecule has 1 saturated heterocycles. The average molecular weight is 383 g/mol. The lowest BCUT2D eigenvalue weighted by Crippen LogP contribution is -2.52. The summed E-state index contributed by atoms with van der Waals surface area (Å²) in [6, 6.07) is 16.8. The molecule has 1 spiro atoms. The van der Waals surface area contributed by atoms with Gasteiger partial charge in [-0.15, -0.1) is 11.8 Å². The maximum atomic E-state index is 13.5. The number of hydrogen-bond acceptors (Lipinski definition) is 4. The summed E-state index contributed by atoms with van der Waals surface area (Å²) in [5.41, 5.74) is 2.44. The number of methoxy groups -OCH3 is 1. The number of carbonyl (C=O) groups excluding carboxylic acids is 2. The molecule has 2 aromatic rings. The molecule has 0 aliphatic carbocycles. The first-order valence-electron chi connectivity index (χ1n) is 8.86. The maximum absolute atomic E-state index is 13.5. The summed E-state index contributed by atoms with van der Waals surface area (Å²) in [7, 11) is 1.62. The van der Waals surface area contributed by atoms with Crippen molar-refractivity contribution in [1.82, 2.24) is 4.90 Å². The standard InChI is InChI=1S/C20H21N3O3S/c1-26-13-11-22-17-10-6-5-9-16(17)20(18(22)24)23(12-14-27-20)19(25)21-15-7-3-2-4-8-15/h2-10H,11-14H2,1H3,(H,21,25). The van der Waals surface area contributed by atoms with E-state index in [9.17, 15) is 9.59 Å². The molecule has 1 fully saturated rings. The zero-order valence-electron chi connectivity index (χ0n) is 15.1. The van der Waals surface area contributed by atoms with Gasteiger partial charge in [-0.3, -0.25) is 9.69 Å². The van der Waals surface area contributed by atoms with Gasteiger partial charge in [-0.25, -0.2) is 4.79 Å². The summed E-state index contributed by atoms with van der Waals surface area (Å²) in [6.07, 6.45) is 0. The number of nitrogens with one attached hydrogen (secondary N) is 1. The van der Waals surface area contributed by atoms with E-state index in [4.69, 9.17) is 4.74 Å². The maximum Gasteiger partial charge on any atom is 0.323 e. The van der Waals surface area contributed by atoms with Gasteiger partial charge in [0.25, 0.3) is 5.91 Å². The molecule has 1 unspecified atom stereocenters. The zero-order valence-corrected chi connectivity index (χ0v) is 15.9. The fraction of sp³-hybridized carbons (Fsp3) is 0.300. The number of amides is 3. The first kappa shape index (κ1) is 17.9. The molecular weight excluding hydrogens is 362 g/mol.